The number of carbonyl (C=O) groups excluding carboxylic acids is 4. The number of aliphatic hydroxyl groups is 1. The summed E-state index contributed by atoms with van der Waals surface area (Å²) in [6.07, 6.45) is 5.87. The first-order chi connectivity index (χ1) is 26.2. The van der Waals surface area contributed by atoms with Gasteiger partial charge < -0.3 is 34.3 Å². The molecule has 2 unspecified atom stereocenters. The van der Waals surface area contributed by atoms with Crippen LogP contribution in [0, 0.1) is 8.99 Å². The lowest BCUT2D eigenvalue weighted by Gasteiger charge is -2.50. The highest BCUT2D eigenvalue weighted by Gasteiger charge is 2.77. The maximum Gasteiger partial charge on any atom is 0.327 e. The lowest BCUT2D eigenvalue weighted by Crippen LogP contribution is -2.70. The molecule has 2 N–H and O–H groups in total. The van der Waals surface area contributed by atoms with Crippen LogP contribution in [0.15, 0.2) is 24.3 Å². The number of hydrogen-bond donors (Lipinski definition) is 2. The van der Waals surface area contributed by atoms with Gasteiger partial charge in [-0.1, -0.05) is 51.7 Å². The van der Waals surface area contributed by atoms with Crippen LogP contribution in [0.4, 0.5) is 0 Å². The maximum absolute atomic E-state index is 15.4. The topological polar surface area (TPSA) is 153 Å². The first kappa shape index (κ1) is 42.2. The summed E-state index contributed by atoms with van der Waals surface area (Å²) in [4.78, 5) is 64.4. The van der Waals surface area contributed by atoms with Crippen LogP contribution in [0.2, 0.25) is 0 Å². The highest BCUT2D eigenvalue weighted by molar-refractivity contribution is 14.1. The number of esters is 2. The Morgan fingerprint density at radius 2 is 1.78 bits per heavy atom. The Labute approximate surface area is 338 Å². The second-order valence-corrected chi connectivity index (χ2v) is 18.3. The molecule has 0 aromatic heterocycles. The van der Waals surface area contributed by atoms with Gasteiger partial charge in [-0.25, -0.2) is 0 Å². The van der Waals surface area contributed by atoms with Crippen LogP contribution in [-0.2, 0) is 49.5 Å². The summed E-state index contributed by atoms with van der Waals surface area (Å²) in [6.45, 7) is 9.84. The minimum absolute atomic E-state index is 0.0166. The third kappa shape index (κ3) is 9.04. The zero-order chi connectivity index (χ0) is 39.5. The fraction of sp³-hybridized carbons (Fsp3) is 0.756. The molecular formula is C41H60IN3O10. The smallest absolute Gasteiger partial charge is 0.327 e. The zero-order valence-corrected chi connectivity index (χ0v) is 35.2. The molecule has 1 aromatic carbocycles. The molecule has 306 valence electrons. The Hall–Kier alpha value is -2.37. The third-order valence-electron chi connectivity index (χ3n) is 11.7. The number of unbranched alkanes of at least 4 members (excludes halogenated alkanes) is 4. The van der Waals surface area contributed by atoms with Gasteiger partial charge in [0.1, 0.15) is 41.5 Å². The van der Waals surface area contributed by atoms with Gasteiger partial charge in [0.05, 0.1) is 19.2 Å². The van der Waals surface area contributed by atoms with E-state index in [-0.39, 0.29) is 38.3 Å². The molecule has 1 saturated carbocycles. The number of halogens is 1. The second-order valence-electron chi connectivity index (χ2n) is 17.0. The Kier molecular flexibility index (Phi) is 13.5. The fourth-order valence-electron chi connectivity index (χ4n) is 9.23. The molecule has 2 bridgehead atoms. The maximum atomic E-state index is 15.4. The van der Waals surface area contributed by atoms with E-state index < -0.39 is 77.2 Å². The quantitative estimate of drug-likeness (QED) is 0.119. The highest BCUT2D eigenvalue weighted by Crippen LogP contribution is 2.59. The Morgan fingerprint density at radius 1 is 1.07 bits per heavy atom. The number of ether oxygens (including phenoxy) is 4. The molecule has 13 nitrogen and oxygen atoms in total. The van der Waals surface area contributed by atoms with E-state index in [4.69, 9.17) is 23.8 Å². The van der Waals surface area contributed by atoms with Crippen molar-refractivity contribution in [3.8, 4) is 0 Å². The van der Waals surface area contributed by atoms with Crippen molar-refractivity contribution in [3.05, 3.63) is 33.4 Å². The summed E-state index contributed by atoms with van der Waals surface area (Å²) < 4.78 is 26.6. The van der Waals surface area contributed by atoms with Crippen LogP contribution in [-0.4, -0.2) is 106 Å². The van der Waals surface area contributed by atoms with E-state index in [2.05, 4.69) is 41.8 Å². The molecule has 8 atom stereocenters. The SMILES string of the molecule is CCCCCC1(CCCCC)O[C@@H]2[C@H]3ON(Cc4cccc(I)c4)[C@H]4C(=O)OC(CC34C(=O)N3CCC[C@@H]3C(=O)N[C@H](CO)CCC(=O)OC(C)(C)C)[C@@H]2O1. The minimum Gasteiger partial charge on any atom is -0.460 e. The van der Waals surface area contributed by atoms with Crippen LogP contribution in [0.1, 0.15) is 124 Å². The van der Waals surface area contributed by atoms with E-state index in [0.717, 1.165) is 47.7 Å². The molecule has 2 amide bonds. The van der Waals surface area contributed by atoms with Crippen molar-refractivity contribution in [2.45, 2.75) is 179 Å². The highest BCUT2D eigenvalue weighted by atomic mass is 127. The number of hydrogen-bond acceptors (Lipinski definition) is 11. The predicted octanol–water partition coefficient (Wildman–Crippen LogP) is 5.32. The molecule has 4 aliphatic heterocycles. The van der Waals surface area contributed by atoms with Crippen LogP contribution in [0.5, 0.6) is 0 Å². The summed E-state index contributed by atoms with van der Waals surface area (Å²) in [5.74, 6) is -2.60. The van der Waals surface area contributed by atoms with Crippen LogP contribution < -0.4 is 5.32 Å². The fourth-order valence-corrected chi connectivity index (χ4v) is 9.84. The molecule has 0 radical (unpaired) electrons. The summed E-state index contributed by atoms with van der Waals surface area (Å²) in [6, 6.07) is 5.30. The number of nitrogens with zero attached hydrogens (tertiary/aromatic N) is 2. The van der Waals surface area contributed by atoms with Gasteiger partial charge in [-0.3, -0.25) is 24.0 Å². The van der Waals surface area contributed by atoms with Gasteiger partial charge in [0.2, 0.25) is 11.8 Å². The lowest BCUT2D eigenvalue weighted by atomic mass is 9.62. The summed E-state index contributed by atoms with van der Waals surface area (Å²) in [7, 11) is 0. The molecule has 5 aliphatic rings. The molecular weight excluding hydrogens is 821 g/mol. The standard InChI is InChI=1S/C41H60IN3O10/c1-6-8-10-19-40(20-11-9-7-2)53-32-30-23-41(34(37(49)51-30)45(55-35(41)33(32)54-40)24-26-14-12-15-27(42)22-26)38(50)44-21-13-16-29(44)36(48)43-28(25-46)17-18-31(47)52-39(3,4)5/h12,14-15,22,28-30,32-35,46H,6-11,13,16-21,23-25H2,1-5H3,(H,43,48)/t28-,29+,30?,32-,33-,34-,35+,41?/m0/s1. The van der Waals surface area contributed by atoms with Gasteiger partial charge in [-0.05, 0) is 93.2 Å². The molecule has 0 spiro atoms. The molecule has 14 heteroatoms. The van der Waals surface area contributed by atoms with Gasteiger partial charge in [-0.15, -0.1) is 0 Å². The van der Waals surface area contributed by atoms with E-state index in [1.54, 1.807) is 30.7 Å². The number of fused-ring (bicyclic) bond motifs is 4. The van der Waals surface area contributed by atoms with Crippen molar-refractivity contribution >= 4 is 46.3 Å². The molecule has 6 rings (SSSR count). The van der Waals surface area contributed by atoms with Gasteiger partial charge in [0.15, 0.2) is 11.8 Å². The Bertz CT molecular complexity index is 1540. The average molecular weight is 882 g/mol. The molecule has 5 fully saturated rings. The number of benzene rings is 1. The van der Waals surface area contributed by atoms with Crippen molar-refractivity contribution in [1.29, 1.82) is 0 Å². The number of nitrogens with one attached hydrogen (secondary N) is 1. The first-order valence-electron chi connectivity index (χ1n) is 20.4. The molecule has 4 saturated heterocycles. The number of amides is 2. The van der Waals surface area contributed by atoms with Crippen molar-refractivity contribution in [1.82, 2.24) is 15.3 Å². The Balaban J connectivity index is 1.29. The molecule has 55 heavy (non-hydrogen) atoms. The number of aliphatic hydroxyl groups excluding tert-OH is 1. The van der Waals surface area contributed by atoms with Gasteiger partial charge in [-0.2, -0.15) is 5.06 Å². The first-order valence-corrected chi connectivity index (χ1v) is 21.5. The summed E-state index contributed by atoms with van der Waals surface area (Å²) in [5.41, 5.74) is -1.13. The van der Waals surface area contributed by atoms with Crippen molar-refractivity contribution in [2.75, 3.05) is 13.2 Å². The number of hydroxylamine groups is 2. The summed E-state index contributed by atoms with van der Waals surface area (Å²) >= 11 is 2.25. The van der Waals surface area contributed by atoms with E-state index >= 15 is 4.79 Å². The van der Waals surface area contributed by atoms with E-state index in [1.165, 1.54) is 0 Å². The number of likely N-dealkylation sites (tertiary alicyclic amines) is 1. The van der Waals surface area contributed by atoms with E-state index in [9.17, 15) is 19.5 Å². The minimum atomic E-state index is -1.40. The van der Waals surface area contributed by atoms with Crippen LogP contribution in [0.25, 0.3) is 0 Å². The monoisotopic (exact) mass is 881 g/mol. The number of rotatable bonds is 17. The van der Waals surface area contributed by atoms with Crippen molar-refractivity contribution in [2.24, 2.45) is 5.41 Å². The third-order valence-corrected chi connectivity index (χ3v) is 12.4. The van der Waals surface area contributed by atoms with Gasteiger partial charge in [0.25, 0.3) is 0 Å². The van der Waals surface area contributed by atoms with E-state index in [1.807, 2.05) is 24.3 Å². The van der Waals surface area contributed by atoms with Crippen LogP contribution in [0.3, 0.4) is 0 Å². The van der Waals surface area contributed by atoms with Gasteiger partial charge >= 0.3 is 11.9 Å². The van der Waals surface area contributed by atoms with Crippen LogP contribution >= 0.6 is 22.6 Å². The van der Waals surface area contributed by atoms with Crippen molar-refractivity contribution < 1.29 is 48.1 Å². The zero-order valence-electron chi connectivity index (χ0n) is 33.1. The van der Waals surface area contributed by atoms with E-state index in [0.29, 0.717) is 32.2 Å². The predicted molar refractivity (Wildman–Crippen MR) is 210 cm³/mol. The normalized spacial score (nSPS) is 30.2. The lowest BCUT2D eigenvalue weighted by molar-refractivity contribution is -0.225. The summed E-state index contributed by atoms with van der Waals surface area (Å²) in [5, 5.41) is 14.6. The molecule has 4 heterocycles. The Morgan fingerprint density at radius 3 is 2.44 bits per heavy atom. The van der Waals surface area contributed by atoms with Gasteiger partial charge in [0, 0.05) is 35.8 Å². The molecule has 1 aliphatic carbocycles. The largest absolute Gasteiger partial charge is 0.460 e. The molecule has 1 aromatic rings. The van der Waals surface area contributed by atoms with Crippen molar-refractivity contribution in [3.63, 3.8) is 0 Å². The number of carbonyl (C=O) groups is 4. The second kappa shape index (κ2) is 17.6. The average Bonchev–Trinajstić information content (AvgIpc) is 3.85.